The van der Waals surface area contributed by atoms with Crippen LogP contribution in [0.5, 0.6) is 0 Å². The normalized spacial score (nSPS) is 21.5. The molecule has 2 aromatic rings. The van der Waals surface area contributed by atoms with Crippen LogP contribution in [0.3, 0.4) is 0 Å². The quantitative estimate of drug-likeness (QED) is 0.680. The van der Waals surface area contributed by atoms with Crippen molar-refractivity contribution in [2.45, 2.75) is 38.4 Å². The molecule has 0 saturated carbocycles. The van der Waals surface area contributed by atoms with Crippen LogP contribution < -0.4 is 0 Å². The molecule has 5 nitrogen and oxygen atoms in total. The minimum atomic E-state index is -0.222. The maximum Gasteiger partial charge on any atom is 0.410 e. The van der Waals surface area contributed by atoms with Crippen molar-refractivity contribution in [3.8, 4) is 0 Å². The highest BCUT2D eigenvalue weighted by atomic mass is 35.5. The smallest absolute Gasteiger partial charge is 0.410 e. The fraction of sp³-hybridized carbons (Fsp3) is 0.455. The number of benzene rings is 1. The van der Waals surface area contributed by atoms with E-state index >= 15 is 0 Å². The van der Waals surface area contributed by atoms with Crippen LogP contribution in [0.2, 0.25) is 5.15 Å². The summed E-state index contributed by atoms with van der Waals surface area (Å²) in [5, 5.41) is 0.502. The number of aromatic nitrogens is 1. The summed E-state index contributed by atoms with van der Waals surface area (Å²) in [6, 6.07) is 13.6. The molecule has 2 aliphatic heterocycles. The summed E-state index contributed by atoms with van der Waals surface area (Å²) in [7, 11) is 0. The van der Waals surface area contributed by atoms with E-state index in [9.17, 15) is 4.79 Å². The van der Waals surface area contributed by atoms with Crippen molar-refractivity contribution in [3.05, 3.63) is 64.9 Å². The summed E-state index contributed by atoms with van der Waals surface area (Å²) in [5.41, 5.74) is 2.26. The number of carbonyl (C=O) groups excluding carboxylic acids is 1. The fourth-order valence-electron chi connectivity index (χ4n) is 4.08. The topological polar surface area (TPSA) is 51.7 Å². The van der Waals surface area contributed by atoms with Gasteiger partial charge in [0.05, 0.1) is 12.7 Å². The second kappa shape index (κ2) is 8.50. The van der Waals surface area contributed by atoms with E-state index in [0.717, 1.165) is 56.5 Å². The Morgan fingerprint density at radius 1 is 1.18 bits per heavy atom. The first kappa shape index (κ1) is 19.2. The number of hydrogen-bond acceptors (Lipinski definition) is 4. The number of hydrogen-bond donors (Lipinski definition) is 0. The van der Waals surface area contributed by atoms with Gasteiger partial charge in [0.1, 0.15) is 11.8 Å². The van der Waals surface area contributed by atoms with Gasteiger partial charge in [-0.15, -0.1) is 0 Å². The van der Waals surface area contributed by atoms with Gasteiger partial charge >= 0.3 is 6.09 Å². The average molecular weight is 401 g/mol. The van der Waals surface area contributed by atoms with Gasteiger partial charge in [0.15, 0.2) is 0 Å². The van der Waals surface area contributed by atoms with Gasteiger partial charge in [0, 0.05) is 19.3 Å². The van der Waals surface area contributed by atoms with Gasteiger partial charge < -0.3 is 14.4 Å². The van der Waals surface area contributed by atoms with E-state index in [0.29, 0.717) is 11.8 Å². The van der Waals surface area contributed by atoms with Gasteiger partial charge in [0.2, 0.25) is 0 Å². The average Bonchev–Trinajstić information content (AvgIpc) is 2.75. The Hall–Kier alpha value is -2.11. The zero-order valence-corrected chi connectivity index (χ0v) is 16.6. The molecule has 148 valence electrons. The molecular weight excluding hydrogens is 376 g/mol. The molecule has 4 rings (SSSR count). The number of halogens is 1. The number of rotatable bonds is 3. The van der Waals surface area contributed by atoms with Gasteiger partial charge in [-0.3, -0.25) is 0 Å². The predicted octanol–water partition coefficient (Wildman–Crippen LogP) is 5.01. The Kier molecular flexibility index (Phi) is 5.83. The molecule has 2 aliphatic rings. The maximum atomic E-state index is 12.4. The first-order valence-electron chi connectivity index (χ1n) is 9.82. The lowest BCUT2D eigenvalue weighted by molar-refractivity contribution is -0.0862. The third-order valence-electron chi connectivity index (χ3n) is 5.94. The second-order valence-electron chi connectivity index (χ2n) is 7.78. The number of pyridine rings is 1. The molecule has 28 heavy (non-hydrogen) atoms. The van der Waals surface area contributed by atoms with Crippen LogP contribution in [-0.2, 0) is 16.1 Å². The molecule has 1 aromatic heterocycles. The molecule has 3 heterocycles. The van der Waals surface area contributed by atoms with Crippen molar-refractivity contribution in [2.75, 3.05) is 19.7 Å². The summed E-state index contributed by atoms with van der Waals surface area (Å²) in [6.45, 7) is 2.50. The summed E-state index contributed by atoms with van der Waals surface area (Å²) in [4.78, 5) is 18.3. The lowest BCUT2D eigenvalue weighted by Gasteiger charge is -2.45. The molecule has 6 heteroatoms. The highest BCUT2D eigenvalue weighted by molar-refractivity contribution is 6.29. The van der Waals surface area contributed by atoms with E-state index < -0.39 is 0 Å². The van der Waals surface area contributed by atoms with Crippen LogP contribution in [-0.4, -0.2) is 35.7 Å². The Morgan fingerprint density at radius 3 is 2.61 bits per heavy atom. The summed E-state index contributed by atoms with van der Waals surface area (Å²) < 4.78 is 11.6. The number of amides is 1. The van der Waals surface area contributed by atoms with E-state index in [-0.39, 0.29) is 17.6 Å². The first-order valence-corrected chi connectivity index (χ1v) is 10.2. The highest BCUT2D eigenvalue weighted by Gasteiger charge is 2.40. The van der Waals surface area contributed by atoms with Gasteiger partial charge in [0.25, 0.3) is 0 Å². The summed E-state index contributed by atoms with van der Waals surface area (Å²) >= 11 is 5.87. The molecule has 2 saturated heterocycles. The molecule has 1 amide bonds. The maximum absolute atomic E-state index is 12.4. The van der Waals surface area contributed by atoms with E-state index in [1.807, 2.05) is 47.4 Å². The monoisotopic (exact) mass is 400 g/mol. The largest absolute Gasteiger partial charge is 0.445 e. The Morgan fingerprint density at radius 2 is 1.96 bits per heavy atom. The SMILES string of the molecule is O=C(OCc1ccccc1)N1CCC2(CCC(c3ccc(Cl)nc3)OC2)CC1. The molecule has 0 radical (unpaired) electrons. The van der Waals surface area contributed by atoms with E-state index in [2.05, 4.69) is 4.98 Å². The van der Waals surface area contributed by atoms with Gasteiger partial charge in [-0.25, -0.2) is 9.78 Å². The van der Waals surface area contributed by atoms with Crippen LogP contribution in [0.4, 0.5) is 4.79 Å². The van der Waals surface area contributed by atoms with Crippen molar-refractivity contribution in [2.24, 2.45) is 5.41 Å². The van der Waals surface area contributed by atoms with Crippen molar-refractivity contribution in [1.82, 2.24) is 9.88 Å². The zero-order valence-electron chi connectivity index (χ0n) is 15.9. The second-order valence-corrected chi connectivity index (χ2v) is 8.17. The minimum absolute atomic E-state index is 0.0873. The van der Waals surface area contributed by atoms with Crippen molar-refractivity contribution < 1.29 is 14.3 Å². The summed E-state index contributed by atoms with van der Waals surface area (Å²) in [5.74, 6) is 0. The summed E-state index contributed by atoms with van der Waals surface area (Å²) in [6.07, 6.45) is 5.66. The first-order chi connectivity index (χ1) is 13.6. The van der Waals surface area contributed by atoms with E-state index in [1.54, 1.807) is 6.20 Å². The van der Waals surface area contributed by atoms with Crippen LogP contribution in [0.1, 0.15) is 42.9 Å². The Bertz CT molecular complexity index is 779. The minimum Gasteiger partial charge on any atom is -0.445 e. The highest BCUT2D eigenvalue weighted by Crippen LogP contribution is 2.44. The van der Waals surface area contributed by atoms with Gasteiger partial charge in [-0.2, -0.15) is 0 Å². The van der Waals surface area contributed by atoms with Crippen LogP contribution in [0.15, 0.2) is 48.7 Å². The number of ether oxygens (including phenoxy) is 2. The number of piperidine rings is 1. The van der Waals surface area contributed by atoms with Crippen molar-refractivity contribution >= 4 is 17.7 Å². The number of nitrogens with zero attached hydrogens (tertiary/aromatic N) is 2. The molecule has 0 bridgehead atoms. The third kappa shape index (κ3) is 4.47. The van der Waals surface area contributed by atoms with E-state index in [1.165, 1.54) is 0 Å². The molecule has 1 unspecified atom stereocenters. The van der Waals surface area contributed by atoms with Crippen LogP contribution in [0, 0.1) is 5.41 Å². The molecule has 1 aromatic carbocycles. The van der Waals surface area contributed by atoms with Gasteiger partial charge in [-0.05, 0) is 48.3 Å². The molecule has 2 fully saturated rings. The molecule has 1 atom stereocenters. The third-order valence-corrected chi connectivity index (χ3v) is 6.16. The van der Waals surface area contributed by atoms with Crippen LogP contribution in [0.25, 0.3) is 0 Å². The van der Waals surface area contributed by atoms with Gasteiger partial charge in [-0.1, -0.05) is 48.0 Å². The predicted molar refractivity (Wildman–Crippen MR) is 107 cm³/mol. The molecule has 0 N–H and O–H groups in total. The standard InChI is InChI=1S/C22H25ClN2O3/c23-20-7-6-18(14-24-20)19-8-9-22(16-28-19)10-12-25(13-11-22)21(26)27-15-17-4-2-1-3-5-17/h1-7,14,19H,8-13,15-16H2. The van der Waals surface area contributed by atoms with E-state index in [4.69, 9.17) is 21.1 Å². The fourth-order valence-corrected chi connectivity index (χ4v) is 4.19. The Balaban J connectivity index is 1.25. The molecule has 1 spiro atoms. The van der Waals surface area contributed by atoms with Crippen molar-refractivity contribution in [3.63, 3.8) is 0 Å². The molecule has 0 aliphatic carbocycles. The lowest BCUT2D eigenvalue weighted by atomic mass is 9.73. The molecular formula is C22H25ClN2O3. The van der Waals surface area contributed by atoms with Crippen LogP contribution >= 0.6 is 11.6 Å². The zero-order chi connectivity index (χ0) is 19.4. The number of likely N-dealkylation sites (tertiary alicyclic amines) is 1. The Labute approximate surface area is 170 Å². The lowest BCUT2D eigenvalue weighted by Crippen LogP contribution is -2.46. The number of carbonyl (C=O) groups is 1. The van der Waals surface area contributed by atoms with Crippen molar-refractivity contribution in [1.29, 1.82) is 0 Å².